The number of rotatable bonds is 8. The summed E-state index contributed by atoms with van der Waals surface area (Å²) in [5, 5.41) is 10.1. The quantitative estimate of drug-likeness (QED) is 0.523. The molecule has 3 rings (SSSR count). The number of carbonyl (C=O) groups is 1. The lowest BCUT2D eigenvalue weighted by atomic mass is 9.67. The minimum Gasteiger partial charge on any atom is -0.396 e. The van der Waals surface area contributed by atoms with Crippen LogP contribution in [0.25, 0.3) is 0 Å². The Labute approximate surface area is 170 Å². The average molecular weight is 401 g/mol. The predicted octanol–water partition coefficient (Wildman–Crippen LogP) is 4.51. The van der Waals surface area contributed by atoms with Gasteiger partial charge in [0.2, 0.25) is 0 Å². The van der Waals surface area contributed by atoms with Gasteiger partial charge in [-0.2, -0.15) is 0 Å². The number of hydrogen-bond donors (Lipinski definition) is 1. The van der Waals surface area contributed by atoms with Crippen molar-refractivity contribution in [2.24, 2.45) is 5.92 Å². The van der Waals surface area contributed by atoms with Crippen LogP contribution >= 0.6 is 12.2 Å². The summed E-state index contributed by atoms with van der Waals surface area (Å²) in [7, 11) is 0. The van der Waals surface area contributed by atoms with E-state index in [9.17, 15) is 14.3 Å². The zero-order valence-corrected chi connectivity index (χ0v) is 16.8. The van der Waals surface area contributed by atoms with Crippen molar-refractivity contribution in [3.8, 4) is 0 Å². The van der Waals surface area contributed by atoms with Crippen molar-refractivity contribution < 1.29 is 19.0 Å². The van der Waals surface area contributed by atoms with E-state index < -0.39 is 5.41 Å². The molecular formula is C23H25FO3S. The highest BCUT2D eigenvalue weighted by Gasteiger charge is 2.51. The molecule has 1 saturated heterocycles. The third-order valence-electron chi connectivity index (χ3n) is 5.69. The van der Waals surface area contributed by atoms with Gasteiger partial charge in [0.1, 0.15) is 5.82 Å². The molecule has 0 saturated carbocycles. The normalized spacial score (nSPS) is 24.2. The molecule has 1 heterocycles. The number of Topliss-reactive ketones (excluding diaryl/α,β-unsaturated/α-hetero) is 1. The molecule has 2 aromatic carbocycles. The number of ketones is 1. The first-order valence-corrected chi connectivity index (χ1v) is 10.00. The molecule has 0 aromatic heterocycles. The first kappa shape index (κ1) is 20.8. The fraction of sp³-hybridized carbons (Fsp3) is 0.391. The van der Waals surface area contributed by atoms with Gasteiger partial charge in [-0.15, -0.1) is 0 Å². The van der Waals surface area contributed by atoms with Gasteiger partial charge in [0, 0.05) is 34.8 Å². The highest BCUT2D eigenvalue weighted by Crippen LogP contribution is 2.46. The van der Waals surface area contributed by atoms with Crippen LogP contribution in [0.2, 0.25) is 0 Å². The Morgan fingerprint density at radius 3 is 2.54 bits per heavy atom. The summed E-state index contributed by atoms with van der Waals surface area (Å²) < 4.78 is 20.7. The number of aliphatic hydroxyl groups excluding tert-OH is 1. The van der Waals surface area contributed by atoms with E-state index >= 15 is 0 Å². The van der Waals surface area contributed by atoms with Crippen molar-refractivity contribution >= 4 is 22.9 Å². The topological polar surface area (TPSA) is 46.5 Å². The molecule has 0 spiro atoms. The van der Waals surface area contributed by atoms with Crippen LogP contribution in [0, 0.1) is 11.7 Å². The molecule has 3 atom stereocenters. The summed E-state index contributed by atoms with van der Waals surface area (Å²) in [6.45, 7) is 2.14. The number of thiocarbonyl (C=S) groups is 1. The predicted molar refractivity (Wildman–Crippen MR) is 111 cm³/mol. The smallest absolute Gasteiger partial charge is 0.167 e. The lowest BCUT2D eigenvalue weighted by Crippen LogP contribution is -2.41. The van der Waals surface area contributed by atoms with Crippen molar-refractivity contribution in [3.05, 3.63) is 71.5 Å². The first-order chi connectivity index (χ1) is 13.5. The van der Waals surface area contributed by atoms with E-state index in [1.165, 1.54) is 6.07 Å². The summed E-state index contributed by atoms with van der Waals surface area (Å²) in [5.41, 5.74) is 0.339. The van der Waals surface area contributed by atoms with E-state index in [1.54, 1.807) is 30.3 Å². The minimum atomic E-state index is -0.769. The second-order valence-corrected chi connectivity index (χ2v) is 7.94. The number of hydrogen-bond acceptors (Lipinski definition) is 4. The van der Waals surface area contributed by atoms with Crippen LogP contribution in [0.15, 0.2) is 54.6 Å². The molecular weight excluding hydrogens is 375 g/mol. The number of halogens is 1. The van der Waals surface area contributed by atoms with E-state index in [0.29, 0.717) is 22.4 Å². The highest BCUT2D eigenvalue weighted by molar-refractivity contribution is 7.80. The Kier molecular flexibility index (Phi) is 6.70. The zero-order valence-electron chi connectivity index (χ0n) is 15.9. The third kappa shape index (κ3) is 4.07. The number of benzene rings is 2. The van der Waals surface area contributed by atoms with Crippen molar-refractivity contribution in [3.63, 3.8) is 0 Å². The second kappa shape index (κ2) is 9.03. The van der Waals surface area contributed by atoms with Gasteiger partial charge in [-0.1, -0.05) is 67.7 Å². The van der Waals surface area contributed by atoms with Crippen molar-refractivity contribution in [2.75, 3.05) is 13.2 Å². The average Bonchev–Trinajstić information content (AvgIpc) is 3.06. The molecule has 0 unspecified atom stereocenters. The van der Waals surface area contributed by atoms with Gasteiger partial charge in [-0.25, -0.2) is 4.39 Å². The van der Waals surface area contributed by atoms with Gasteiger partial charge in [0.25, 0.3) is 0 Å². The number of carbonyl (C=O) groups excluding carboxylic acids is 1. The number of aliphatic hydroxyl groups is 1. The van der Waals surface area contributed by atoms with Gasteiger partial charge in [0.15, 0.2) is 5.78 Å². The van der Waals surface area contributed by atoms with Crippen LogP contribution in [0.1, 0.15) is 42.1 Å². The Morgan fingerprint density at radius 2 is 1.89 bits per heavy atom. The van der Waals surface area contributed by atoms with Crippen LogP contribution in [-0.4, -0.2) is 35.1 Å². The molecule has 5 heteroatoms. The summed E-state index contributed by atoms with van der Waals surface area (Å²) in [4.78, 5) is 13.1. The van der Waals surface area contributed by atoms with Gasteiger partial charge in [0.05, 0.1) is 12.7 Å². The lowest BCUT2D eigenvalue weighted by molar-refractivity contribution is 0.0693. The van der Waals surface area contributed by atoms with Crippen LogP contribution in [0.3, 0.4) is 0 Å². The summed E-state index contributed by atoms with van der Waals surface area (Å²) in [6, 6.07) is 15.6. The fourth-order valence-corrected chi connectivity index (χ4v) is 4.66. The largest absolute Gasteiger partial charge is 0.396 e. The monoisotopic (exact) mass is 400 g/mol. The Hall–Kier alpha value is -1.95. The molecule has 1 aliphatic heterocycles. The maximum absolute atomic E-state index is 14.8. The molecule has 0 aliphatic carbocycles. The molecule has 0 radical (unpaired) electrons. The maximum Gasteiger partial charge on any atom is 0.167 e. The SMILES string of the molecule is CC[C@H]1OC[C@@](CC(=S)CC(=O)c2ccccc2)(c2ccccc2F)[C@@H]1CO. The van der Waals surface area contributed by atoms with Gasteiger partial charge >= 0.3 is 0 Å². The van der Waals surface area contributed by atoms with E-state index in [1.807, 2.05) is 25.1 Å². The molecule has 0 amide bonds. The molecule has 0 bridgehead atoms. The molecule has 3 nitrogen and oxygen atoms in total. The summed E-state index contributed by atoms with van der Waals surface area (Å²) >= 11 is 5.58. The maximum atomic E-state index is 14.8. The van der Waals surface area contributed by atoms with Crippen LogP contribution in [-0.2, 0) is 10.2 Å². The molecule has 148 valence electrons. The number of ether oxygens (including phenoxy) is 1. The lowest BCUT2D eigenvalue weighted by Gasteiger charge is -2.35. The Morgan fingerprint density at radius 1 is 1.21 bits per heavy atom. The van der Waals surface area contributed by atoms with Crippen LogP contribution in [0.4, 0.5) is 4.39 Å². The third-order valence-corrected chi connectivity index (χ3v) is 5.98. The van der Waals surface area contributed by atoms with E-state index in [2.05, 4.69) is 0 Å². The molecule has 1 fully saturated rings. The first-order valence-electron chi connectivity index (χ1n) is 9.59. The van der Waals surface area contributed by atoms with E-state index in [-0.39, 0.29) is 43.3 Å². The Bertz CT molecular complexity index is 839. The van der Waals surface area contributed by atoms with Crippen LogP contribution < -0.4 is 0 Å². The molecule has 1 aliphatic rings. The summed E-state index contributed by atoms with van der Waals surface area (Å²) in [6.07, 6.45) is 0.989. The van der Waals surface area contributed by atoms with Gasteiger partial charge in [-0.3, -0.25) is 4.79 Å². The second-order valence-electron chi connectivity index (χ2n) is 7.36. The van der Waals surface area contributed by atoms with Gasteiger partial charge < -0.3 is 9.84 Å². The zero-order chi connectivity index (χ0) is 20.1. The van der Waals surface area contributed by atoms with Crippen molar-refractivity contribution in [2.45, 2.75) is 37.7 Å². The summed E-state index contributed by atoms with van der Waals surface area (Å²) in [5.74, 6) is -0.668. The van der Waals surface area contributed by atoms with Crippen LogP contribution in [0.5, 0.6) is 0 Å². The molecule has 28 heavy (non-hydrogen) atoms. The Balaban J connectivity index is 1.89. The molecule has 2 aromatic rings. The van der Waals surface area contributed by atoms with E-state index in [0.717, 1.165) is 6.42 Å². The molecule has 1 N–H and O–H groups in total. The van der Waals surface area contributed by atoms with Gasteiger partial charge in [-0.05, 0) is 24.5 Å². The fourth-order valence-electron chi connectivity index (χ4n) is 4.27. The van der Waals surface area contributed by atoms with E-state index in [4.69, 9.17) is 17.0 Å². The standard InChI is InChI=1S/C23H25FO3S/c1-2-22-19(14-25)23(15-27-22,18-10-6-7-11-20(18)24)13-17(28)12-21(26)16-8-4-3-5-9-16/h3-11,19,22,25H,2,12-15H2,1H3/t19-,22-,23+/m1/s1. The minimum absolute atomic E-state index is 0.0548. The highest BCUT2D eigenvalue weighted by atomic mass is 32.1. The van der Waals surface area contributed by atoms with Crippen molar-refractivity contribution in [1.82, 2.24) is 0 Å². The van der Waals surface area contributed by atoms with Crippen molar-refractivity contribution in [1.29, 1.82) is 0 Å².